The van der Waals surface area contributed by atoms with Crippen molar-refractivity contribution in [2.75, 3.05) is 39.4 Å². The highest BCUT2D eigenvalue weighted by molar-refractivity contribution is 5.07. The van der Waals surface area contributed by atoms with Crippen molar-refractivity contribution in [1.29, 1.82) is 0 Å². The molecule has 80 valence electrons. The third-order valence-corrected chi connectivity index (χ3v) is 2.86. The summed E-state index contributed by atoms with van der Waals surface area (Å²) in [6.45, 7) is 8.55. The Morgan fingerprint density at radius 3 is 3.29 bits per heavy atom. The number of rotatable bonds is 2. The van der Waals surface area contributed by atoms with E-state index in [1.807, 2.05) is 0 Å². The summed E-state index contributed by atoms with van der Waals surface area (Å²) in [7, 11) is 0. The first-order valence-electron chi connectivity index (χ1n) is 5.56. The van der Waals surface area contributed by atoms with E-state index in [2.05, 4.69) is 23.2 Å². The SMILES string of the molecule is C[C@H]1CN(CC2=CCCOC2)CCN1. The summed E-state index contributed by atoms with van der Waals surface area (Å²) in [6.07, 6.45) is 3.44. The quantitative estimate of drug-likeness (QED) is 0.656. The van der Waals surface area contributed by atoms with Crippen molar-refractivity contribution in [3.05, 3.63) is 11.6 Å². The minimum absolute atomic E-state index is 0.633. The molecule has 1 N–H and O–H groups in total. The molecule has 2 heterocycles. The van der Waals surface area contributed by atoms with Crippen molar-refractivity contribution in [3.63, 3.8) is 0 Å². The maximum Gasteiger partial charge on any atom is 0.0689 e. The maximum atomic E-state index is 5.44. The van der Waals surface area contributed by atoms with Gasteiger partial charge in [0.25, 0.3) is 0 Å². The van der Waals surface area contributed by atoms with Gasteiger partial charge >= 0.3 is 0 Å². The predicted octanol–water partition coefficient (Wildman–Crippen LogP) is 0.627. The van der Waals surface area contributed by atoms with Crippen LogP contribution in [0.1, 0.15) is 13.3 Å². The Morgan fingerprint density at radius 1 is 1.64 bits per heavy atom. The highest BCUT2D eigenvalue weighted by atomic mass is 16.5. The fourth-order valence-corrected chi connectivity index (χ4v) is 2.16. The summed E-state index contributed by atoms with van der Waals surface area (Å²) in [5.74, 6) is 0. The van der Waals surface area contributed by atoms with E-state index < -0.39 is 0 Å². The molecular formula is C11H20N2O. The molecule has 0 spiro atoms. The van der Waals surface area contributed by atoms with Gasteiger partial charge in [-0.25, -0.2) is 0 Å². The Bertz CT molecular complexity index is 215. The van der Waals surface area contributed by atoms with Crippen molar-refractivity contribution >= 4 is 0 Å². The molecule has 0 unspecified atom stereocenters. The van der Waals surface area contributed by atoms with Gasteiger partial charge in [-0.05, 0) is 18.9 Å². The molecule has 1 atom stereocenters. The summed E-state index contributed by atoms with van der Waals surface area (Å²) in [5.41, 5.74) is 1.46. The van der Waals surface area contributed by atoms with Crippen LogP contribution in [0.25, 0.3) is 0 Å². The minimum Gasteiger partial charge on any atom is -0.377 e. The first-order chi connectivity index (χ1) is 6.84. The van der Waals surface area contributed by atoms with E-state index in [1.54, 1.807) is 0 Å². The maximum absolute atomic E-state index is 5.44. The highest BCUT2D eigenvalue weighted by Gasteiger charge is 2.16. The average Bonchev–Trinajstić information content (AvgIpc) is 2.19. The van der Waals surface area contributed by atoms with Crippen LogP contribution in [0.3, 0.4) is 0 Å². The Labute approximate surface area is 86.1 Å². The molecular weight excluding hydrogens is 176 g/mol. The smallest absolute Gasteiger partial charge is 0.0689 e. The van der Waals surface area contributed by atoms with Crippen molar-refractivity contribution < 1.29 is 4.74 Å². The van der Waals surface area contributed by atoms with Gasteiger partial charge < -0.3 is 10.1 Å². The second kappa shape index (κ2) is 4.91. The van der Waals surface area contributed by atoms with E-state index >= 15 is 0 Å². The Balaban J connectivity index is 1.80. The van der Waals surface area contributed by atoms with Crippen LogP contribution < -0.4 is 5.32 Å². The van der Waals surface area contributed by atoms with Crippen LogP contribution in [0.5, 0.6) is 0 Å². The van der Waals surface area contributed by atoms with Crippen molar-refractivity contribution in [2.24, 2.45) is 0 Å². The summed E-state index contributed by atoms with van der Waals surface area (Å²) in [6, 6.07) is 0.633. The van der Waals surface area contributed by atoms with Crippen LogP contribution >= 0.6 is 0 Å². The number of ether oxygens (including phenoxy) is 1. The minimum atomic E-state index is 0.633. The second-order valence-corrected chi connectivity index (χ2v) is 4.29. The molecule has 1 saturated heterocycles. The van der Waals surface area contributed by atoms with Gasteiger partial charge in [-0.3, -0.25) is 4.90 Å². The molecule has 3 nitrogen and oxygen atoms in total. The van der Waals surface area contributed by atoms with E-state index in [1.165, 1.54) is 12.1 Å². The molecule has 3 heteroatoms. The molecule has 0 aromatic heterocycles. The molecule has 1 fully saturated rings. The van der Waals surface area contributed by atoms with E-state index in [9.17, 15) is 0 Å². The number of nitrogens with one attached hydrogen (secondary N) is 1. The van der Waals surface area contributed by atoms with Gasteiger partial charge in [0.2, 0.25) is 0 Å². The zero-order chi connectivity index (χ0) is 9.80. The fourth-order valence-electron chi connectivity index (χ4n) is 2.16. The molecule has 2 rings (SSSR count). The standard InChI is InChI=1S/C11H20N2O/c1-10-7-13(5-4-12-10)8-11-3-2-6-14-9-11/h3,10,12H,2,4-9H2,1H3/t10-/m0/s1. The van der Waals surface area contributed by atoms with Gasteiger partial charge in [0.1, 0.15) is 0 Å². The van der Waals surface area contributed by atoms with Crippen LogP contribution in [0.4, 0.5) is 0 Å². The summed E-state index contributed by atoms with van der Waals surface area (Å²) < 4.78 is 5.44. The largest absolute Gasteiger partial charge is 0.377 e. The third-order valence-electron chi connectivity index (χ3n) is 2.86. The van der Waals surface area contributed by atoms with Gasteiger partial charge in [-0.2, -0.15) is 0 Å². The summed E-state index contributed by atoms with van der Waals surface area (Å²) >= 11 is 0. The second-order valence-electron chi connectivity index (χ2n) is 4.29. The van der Waals surface area contributed by atoms with Gasteiger partial charge in [-0.15, -0.1) is 0 Å². The number of nitrogens with zero attached hydrogens (tertiary/aromatic N) is 1. The molecule has 2 aliphatic heterocycles. The van der Waals surface area contributed by atoms with Crippen molar-refractivity contribution in [3.8, 4) is 0 Å². The summed E-state index contributed by atoms with van der Waals surface area (Å²) in [5, 5.41) is 3.46. The molecule has 0 saturated carbocycles. The Kier molecular flexibility index (Phi) is 3.56. The monoisotopic (exact) mass is 196 g/mol. The summed E-state index contributed by atoms with van der Waals surface area (Å²) in [4.78, 5) is 2.52. The lowest BCUT2D eigenvalue weighted by atomic mass is 10.1. The molecule has 14 heavy (non-hydrogen) atoms. The highest BCUT2D eigenvalue weighted by Crippen LogP contribution is 2.09. The van der Waals surface area contributed by atoms with Crippen LogP contribution in [-0.2, 0) is 4.74 Å². The lowest BCUT2D eigenvalue weighted by molar-refractivity contribution is 0.137. The first kappa shape index (κ1) is 10.1. The van der Waals surface area contributed by atoms with Crippen LogP contribution in [0.15, 0.2) is 11.6 Å². The van der Waals surface area contributed by atoms with Crippen LogP contribution in [-0.4, -0.2) is 50.3 Å². The molecule has 2 aliphatic rings. The normalized spacial score (nSPS) is 30.1. The van der Waals surface area contributed by atoms with Crippen molar-refractivity contribution in [2.45, 2.75) is 19.4 Å². The van der Waals surface area contributed by atoms with Crippen molar-refractivity contribution in [1.82, 2.24) is 10.2 Å². The van der Waals surface area contributed by atoms with Gasteiger partial charge in [0.15, 0.2) is 0 Å². The Morgan fingerprint density at radius 2 is 2.57 bits per heavy atom. The number of hydrogen-bond donors (Lipinski definition) is 1. The van der Waals surface area contributed by atoms with E-state index in [4.69, 9.17) is 4.74 Å². The molecule has 0 aromatic rings. The fraction of sp³-hybridized carbons (Fsp3) is 0.818. The lowest BCUT2D eigenvalue weighted by Gasteiger charge is -2.32. The number of hydrogen-bond acceptors (Lipinski definition) is 3. The molecule has 0 radical (unpaired) electrons. The lowest BCUT2D eigenvalue weighted by Crippen LogP contribution is -2.49. The van der Waals surface area contributed by atoms with Gasteiger partial charge in [-0.1, -0.05) is 6.08 Å². The predicted molar refractivity (Wildman–Crippen MR) is 57.4 cm³/mol. The van der Waals surface area contributed by atoms with Crippen LogP contribution in [0, 0.1) is 0 Å². The molecule has 0 aromatic carbocycles. The Hall–Kier alpha value is -0.380. The van der Waals surface area contributed by atoms with Gasteiger partial charge in [0.05, 0.1) is 13.2 Å². The molecule has 0 bridgehead atoms. The molecule has 0 amide bonds. The van der Waals surface area contributed by atoms with E-state index in [0.717, 1.165) is 39.3 Å². The molecule has 0 aliphatic carbocycles. The zero-order valence-electron chi connectivity index (χ0n) is 8.96. The average molecular weight is 196 g/mol. The topological polar surface area (TPSA) is 24.5 Å². The van der Waals surface area contributed by atoms with Gasteiger partial charge in [0, 0.05) is 32.2 Å². The first-order valence-corrected chi connectivity index (χ1v) is 5.56. The van der Waals surface area contributed by atoms with Crippen LogP contribution in [0.2, 0.25) is 0 Å². The van der Waals surface area contributed by atoms with E-state index in [0.29, 0.717) is 6.04 Å². The van der Waals surface area contributed by atoms with E-state index in [-0.39, 0.29) is 0 Å². The number of piperazine rings is 1. The third kappa shape index (κ3) is 2.80. The zero-order valence-corrected chi connectivity index (χ0v) is 8.96.